The minimum atomic E-state index is -1.10. The van der Waals surface area contributed by atoms with Crippen LogP contribution in [0.5, 0.6) is 0 Å². The normalized spacial score (nSPS) is 25.2. The van der Waals surface area contributed by atoms with Gasteiger partial charge in [0.25, 0.3) is 0 Å². The van der Waals surface area contributed by atoms with Crippen LogP contribution in [-0.2, 0) is 17.8 Å². The lowest BCUT2D eigenvalue weighted by molar-refractivity contribution is -0.247. The number of aliphatic hydroxyl groups excluding tert-OH is 1. The Kier molecular flexibility index (Phi) is 10.4. The van der Waals surface area contributed by atoms with Crippen molar-refractivity contribution < 1.29 is 19.7 Å². The number of aliphatic hydroxyl groups is 1. The third-order valence-corrected chi connectivity index (χ3v) is 13.0. The Labute approximate surface area is 331 Å². The van der Waals surface area contributed by atoms with Crippen molar-refractivity contribution in [3.05, 3.63) is 71.3 Å². The van der Waals surface area contributed by atoms with Gasteiger partial charge in [-0.15, -0.1) is 5.10 Å². The number of thiazole rings is 1. The zero-order valence-electron chi connectivity index (χ0n) is 32.8. The highest BCUT2D eigenvalue weighted by Crippen LogP contribution is 2.72. The summed E-state index contributed by atoms with van der Waals surface area (Å²) in [6.07, 6.45) is 10.3. The van der Waals surface area contributed by atoms with Crippen LogP contribution in [0.2, 0.25) is 0 Å². The zero-order chi connectivity index (χ0) is 39.1. The van der Waals surface area contributed by atoms with Gasteiger partial charge in [0, 0.05) is 36.5 Å². The average molecular weight is 780 g/mol. The van der Waals surface area contributed by atoms with Crippen molar-refractivity contribution in [1.29, 1.82) is 0 Å². The molecule has 296 valence electrons. The molecular formula is C42H53N9O4S. The van der Waals surface area contributed by atoms with Crippen molar-refractivity contribution in [1.82, 2.24) is 35.3 Å². The lowest BCUT2D eigenvalue weighted by atomic mass is 9.39. The first-order chi connectivity index (χ1) is 26.9. The topological polar surface area (TPSA) is 172 Å². The summed E-state index contributed by atoms with van der Waals surface area (Å²) in [4.78, 5) is 21.8. The summed E-state index contributed by atoms with van der Waals surface area (Å²) in [5, 5.41) is 43.8. The number of pyridine rings is 1. The molecule has 5 N–H and O–H groups in total. The van der Waals surface area contributed by atoms with Crippen LogP contribution in [0.4, 0.5) is 16.8 Å². The minimum absolute atomic E-state index is 0.0255. The van der Waals surface area contributed by atoms with Crippen molar-refractivity contribution in [2.75, 3.05) is 36.9 Å². The molecule has 4 saturated carbocycles. The number of benzene rings is 1. The van der Waals surface area contributed by atoms with E-state index in [0.717, 1.165) is 96.7 Å². The number of ether oxygens (including phenoxy) is 1. The minimum Gasteiger partial charge on any atom is -0.476 e. The fourth-order valence-electron chi connectivity index (χ4n) is 11.1. The summed E-state index contributed by atoms with van der Waals surface area (Å²) >= 11 is 1.56. The molecule has 56 heavy (non-hydrogen) atoms. The van der Waals surface area contributed by atoms with E-state index in [1.807, 2.05) is 56.3 Å². The van der Waals surface area contributed by atoms with E-state index in [2.05, 4.69) is 54.6 Å². The van der Waals surface area contributed by atoms with Crippen LogP contribution < -0.4 is 16.0 Å². The molecule has 0 radical (unpaired) electrons. The van der Waals surface area contributed by atoms with E-state index in [1.165, 1.54) is 6.42 Å². The summed E-state index contributed by atoms with van der Waals surface area (Å²) < 4.78 is 10.0. The van der Waals surface area contributed by atoms with Gasteiger partial charge in [-0.05, 0) is 124 Å². The number of para-hydroxylation sites is 1. The standard InChI is InChI=1S/C42H53N9O4S/c1-27-17-29(49-50-36(27)48-38-46-32-9-5-6-10-33(32)56-38)18-44-34-12-11-30(35(47-34)37(53)54)31-19-45-51(28(31)2)26-41-21-39(3)20-40(4,22-41)24-42(23-39,25-41)55-16-14-43-13-7-8-15-52/h5-6,9-12,17,19,43,52H,7-8,13-16,18,20-26H2,1-4H3,(H,44,47)(H,53,54)(H,46,48,50). The van der Waals surface area contributed by atoms with Gasteiger partial charge in [0.05, 0.1) is 40.9 Å². The Hall–Kier alpha value is -4.50. The molecule has 13 nitrogen and oxygen atoms in total. The summed E-state index contributed by atoms with van der Waals surface area (Å²) in [7, 11) is 0. The average Bonchev–Trinajstić information content (AvgIpc) is 3.71. The van der Waals surface area contributed by atoms with E-state index in [4.69, 9.17) is 14.9 Å². The van der Waals surface area contributed by atoms with Crippen molar-refractivity contribution in [3.8, 4) is 11.1 Å². The zero-order valence-corrected chi connectivity index (χ0v) is 33.6. The number of hydrogen-bond acceptors (Lipinski definition) is 12. The number of aromatic nitrogens is 6. The number of aromatic carboxylic acids is 1. The van der Waals surface area contributed by atoms with E-state index in [9.17, 15) is 9.90 Å². The maximum atomic E-state index is 12.6. The van der Waals surface area contributed by atoms with E-state index in [-0.39, 0.29) is 34.1 Å². The molecule has 14 heteroatoms. The number of anilines is 3. The Bertz CT molecular complexity index is 2190. The number of rotatable bonds is 17. The fourth-order valence-corrected chi connectivity index (χ4v) is 11.9. The van der Waals surface area contributed by atoms with E-state index >= 15 is 0 Å². The van der Waals surface area contributed by atoms with Crippen LogP contribution in [0.15, 0.2) is 48.7 Å². The van der Waals surface area contributed by atoms with Gasteiger partial charge in [-0.25, -0.2) is 14.8 Å². The second-order valence-corrected chi connectivity index (χ2v) is 18.5. The molecule has 2 atom stereocenters. The molecular weight excluding hydrogens is 727 g/mol. The molecule has 4 heterocycles. The Morgan fingerprint density at radius 2 is 1.75 bits per heavy atom. The summed E-state index contributed by atoms with van der Waals surface area (Å²) in [6, 6.07) is 13.6. The lowest BCUT2D eigenvalue weighted by Gasteiger charge is -2.69. The van der Waals surface area contributed by atoms with E-state index < -0.39 is 5.97 Å². The molecule has 5 aromatic rings. The molecule has 4 aromatic heterocycles. The van der Waals surface area contributed by atoms with Gasteiger partial charge in [-0.2, -0.15) is 10.2 Å². The second-order valence-electron chi connectivity index (χ2n) is 17.4. The third kappa shape index (κ3) is 7.89. The number of aryl methyl sites for hydroxylation is 1. The van der Waals surface area contributed by atoms with Crippen LogP contribution in [0.25, 0.3) is 21.3 Å². The summed E-state index contributed by atoms with van der Waals surface area (Å²) in [5.74, 6) is -0.0258. The molecule has 4 bridgehead atoms. The van der Waals surface area contributed by atoms with Gasteiger partial charge in [0.2, 0.25) is 0 Å². The molecule has 4 aliphatic carbocycles. The predicted molar refractivity (Wildman–Crippen MR) is 218 cm³/mol. The number of unbranched alkanes of at least 4 members (excludes halogenated alkanes) is 1. The highest BCUT2D eigenvalue weighted by Gasteiger charge is 2.66. The van der Waals surface area contributed by atoms with Crippen LogP contribution in [0, 0.1) is 30.1 Å². The number of carboxylic acid groups (broad SMARTS) is 1. The van der Waals surface area contributed by atoms with Gasteiger partial charge in [-0.3, -0.25) is 4.68 Å². The van der Waals surface area contributed by atoms with Gasteiger partial charge in [-0.1, -0.05) is 37.3 Å². The van der Waals surface area contributed by atoms with Gasteiger partial charge < -0.3 is 30.9 Å². The molecule has 0 amide bonds. The summed E-state index contributed by atoms with van der Waals surface area (Å²) in [6.45, 7) is 12.6. The first-order valence-electron chi connectivity index (χ1n) is 19.8. The first kappa shape index (κ1) is 38.4. The molecule has 4 fully saturated rings. The van der Waals surface area contributed by atoms with Crippen molar-refractivity contribution >= 4 is 44.3 Å². The monoisotopic (exact) mass is 779 g/mol. The maximum Gasteiger partial charge on any atom is 0.355 e. The summed E-state index contributed by atoms with van der Waals surface area (Å²) in [5.41, 5.74) is 5.11. The second kappa shape index (κ2) is 15.1. The van der Waals surface area contributed by atoms with Crippen LogP contribution in [-0.4, -0.2) is 78.0 Å². The van der Waals surface area contributed by atoms with Gasteiger partial charge in [0.15, 0.2) is 16.6 Å². The molecule has 0 aliphatic heterocycles. The smallest absolute Gasteiger partial charge is 0.355 e. The highest BCUT2D eigenvalue weighted by atomic mass is 32.1. The molecule has 0 saturated heterocycles. The van der Waals surface area contributed by atoms with Crippen LogP contribution in [0.1, 0.15) is 92.7 Å². The van der Waals surface area contributed by atoms with Gasteiger partial charge in [0.1, 0.15) is 5.82 Å². The number of fused-ring (bicyclic) bond motifs is 1. The number of carboxylic acids is 1. The quantitative estimate of drug-likeness (QED) is 0.0589. The third-order valence-electron chi connectivity index (χ3n) is 12.1. The number of nitrogens with one attached hydrogen (secondary N) is 3. The van der Waals surface area contributed by atoms with Crippen molar-refractivity contribution in [2.45, 2.75) is 97.8 Å². The highest BCUT2D eigenvalue weighted by molar-refractivity contribution is 7.22. The van der Waals surface area contributed by atoms with Gasteiger partial charge >= 0.3 is 5.97 Å². The van der Waals surface area contributed by atoms with Crippen LogP contribution >= 0.6 is 11.3 Å². The Morgan fingerprint density at radius 3 is 2.50 bits per heavy atom. The van der Waals surface area contributed by atoms with Crippen LogP contribution in [0.3, 0.4) is 0 Å². The number of hydrogen-bond donors (Lipinski definition) is 5. The SMILES string of the molecule is Cc1cc(CNc2ccc(-c3cnn(CC45CC6(C)CC(C)(C4)CC(OCCNCCCCO)(C6)C5)c3C)c(C(=O)O)n2)nnc1Nc1nc2ccccc2s1. The first-order valence-corrected chi connectivity index (χ1v) is 20.6. The number of nitrogens with zero attached hydrogens (tertiary/aromatic N) is 6. The Balaban J connectivity index is 0.945. The van der Waals surface area contributed by atoms with E-state index in [1.54, 1.807) is 17.5 Å². The molecule has 0 spiro atoms. The molecule has 2 unspecified atom stereocenters. The maximum absolute atomic E-state index is 12.6. The van der Waals surface area contributed by atoms with E-state index in [0.29, 0.717) is 36.0 Å². The van der Waals surface area contributed by atoms with Crippen molar-refractivity contribution in [2.24, 2.45) is 16.2 Å². The predicted octanol–water partition coefficient (Wildman–Crippen LogP) is 7.51. The Morgan fingerprint density at radius 1 is 0.946 bits per heavy atom. The molecule has 1 aromatic carbocycles. The van der Waals surface area contributed by atoms with Crippen molar-refractivity contribution in [3.63, 3.8) is 0 Å². The number of carbonyl (C=O) groups is 1. The lowest BCUT2D eigenvalue weighted by Crippen LogP contribution is -2.64. The molecule has 9 rings (SSSR count). The fraction of sp³-hybridized carbons (Fsp3) is 0.524. The molecule has 4 aliphatic rings. The largest absolute Gasteiger partial charge is 0.476 e.